The number of rotatable bonds is 5. The number of amides is 1. The molecule has 0 saturated heterocycles. The molecule has 29 heavy (non-hydrogen) atoms. The summed E-state index contributed by atoms with van der Waals surface area (Å²) in [5.74, 6) is -0.779. The number of nitrogens with one attached hydrogen (secondary N) is 1. The molecule has 0 aliphatic heterocycles. The van der Waals surface area contributed by atoms with Gasteiger partial charge < -0.3 is 9.88 Å². The Labute approximate surface area is 169 Å². The summed E-state index contributed by atoms with van der Waals surface area (Å²) in [6.45, 7) is 1.86. The van der Waals surface area contributed by atoms with Crippen LogP contribution < -0.4 is 5.32 Å². The van der Waals surface area contributed by atoms with E-state index in [2.05, 4.69) is 25.8 Å². The van der Waals surface area contributed by atoms with Crippen LogP contribution in [-0.4, -0.2) is 35.7 Å². The zero-order valence-corrected chi connectivity index (χ0v) is 16.4. The van der Waals surface area contributed by atoms with Crippen molar-refractivity contribution in [1.29, 1.82) is 0 Å². The van der Waals surface area contributed by atoms with E-state index < -0.39 is 5.82 Å². The number of carbonyl (C=O) groups is 1. The van der Waals surface area contributed by atoms with Crippen molar-refractivity contribution in [1.82, 2.24) is 29.8 Å². The Bertz CT molecular complexity index is 1170. The number of aromatic nitrogens is 6. The maximum absolute atomic E-state index is 13.8. The second kappa shape index (κ2) is 7.84. The van der Waals surface area contributed by atoms with Gasteiger partial charge in [-0.25, -0.2) is 14.1 Å². The van der Waals surface area contributed by atoms with Crippen LogP contribution in [0, 0.1) is 12.7 Å². The second-order valence-corrected chi connectivity index (χ2v) is 7.28. The minimum Gasteiger partial charge on any atom is -0.329 e. The number of tetrazole rings is 1. The first kappa shape index (κ1) is 18.8. The van der Waals surface area contributed by atoms with Crippen molar-refractivity contribution in [2.24, 2.45) is 7.05 Å². The van der Waals surface area contributed by atoms with E-state index >= 15 is 0 Å². The summed E-state index contributed by atoms with van der Waals surface area (Å²) < 4.78 is 17.2. The molecule has 0 radical (unpaired) electrons. The number of aryl methyl sites for hydroxylation is 2. The van der Waals surface area contributed by atoms with Crippen molar-refractivity contribution in [2.75, 3.05) is 5.32 Å². The van der Waals surface area contributed by atoms with E-state index in [9.17, 15) is 9.18 Å². The average Bonchev–Trinajstić information content (AvgIpc) is 3.36. The first-order valence-corrected chi connectivity index (χ1v) is 9.43. The number of anilines is 1. The lowest BCUT2D eigenvalue weighted by atomic mass is 10.1. The maximum Gasteiger partial charge on any atom is 0.255 e. The highest BCUT2D eigenvalue weighted by molar-refractivity contribution is 7.99. The molecule has 2 heterocycles. The zero-order chi connectivity index (χ0) is 20.4. The predicted octanol–water partition coefficient (Wildman–Crippen LogP) is 3.25. The molecule has 2 aromatic carbocycles. The monoisotopic (exact) mass is 409 g/mol. The van der Waals surface area contributed by atoms with Crippen LogP contribution >= 0.6 is 11.8 Å². The highest BCUT2D eigenvalue weighted by Crippen LogP contribution is 2.33. The van der Waals surface area contributed by atoms with Gasteiger partial charge in [-0.3, -0.25) is 4.79 Å². The summed E-state index contributed by atoms with van der Waals surface area (Å²) in [6.07, 6.45) is 4.98. The molecule has 0 spiro atoms. The first-order valence-electron chi connectivity index (χ1n) is 8.61. The highest BCUT2D eigenvalue weighted by atomic mass is 32.2. The Morgan fingerprint density at radius 1 is 1.21 bits per heavy atom. The number of imidazole rings is 1. The van der Waals surface area contributed by atoms with E-state index in [1.165, 1.54) is 34.9 Å². The molecule has 0 aliphatic rings. The van der Waals surface area contributed by atoms with Crippen LogP contribution in [0.3, 0.4) is 0 Å². The van der Waals surface area contributed by atoms with Gasteiger partial charge in [0.05, 0.1) is 11.4 Å². The molecule has 146 valence electrons. The van der Waals surface area contributed by atoms with Gasteiger partial charge in [0.15, 0.2) is 5.16 Å². The molecule has 2 aromatic heterocycles. The van der Waals surface area contributed by atoms with Gasteiger partial charge >= 0.3 is 0 Å². The molecule has 8 nitrogen and oxygen atoms in total. The van der Waals surface area contributed by atoms with E-state index in [0.717, 1.165) is 16.4 Å². The molecule has 0 aliphatic carbocycles. The van der Waals surface area contributed by atoms with E-state index in [1.54, 1.807) is 30.5 Å². The van der Waals surface area contributed by atoms with Crippen LogP contribution in [-0.2, 0) is 7.05 Å². The van der Waals surface area contributed by atoms with Crippen molar-refractivity contribution in [3.05, 3.63) is 72.1 Å². The van der Waals surface area contributed by atoms with Gasteiger partial charge in [0.25, 0.3) is 5.91 Å². The molecule has 0 atom stereocenters. The molecular weight excluding hydrogens is 393 g/mol. The Kier molecular flexibility index (Phi) is 5.09. The largest absolute Gasteiger partial charge is 0.329 e. The molecule has 4 rings (SSSR count). The number of nitrogens with zero attached hydrogens (tertiary/aromatic N) is 6. The van der Waals surface area contributed by atoms with Crippen LogP contribution in [0.25, 0.3) is 5.69 Å². The third-order valence-corrected chi connectivity index (χ3v) is 5.37. The van der Waals surface area contributed by atoms with Gasteiger partial charge in [0.1, 0.15) is 12.1 Å². The van der Waals surface area contributed by atoms with Crippen molar-refractivity contribution in [2.45, 2.75) is 17.0 Å². The molecule has 1 amide bonds. The van der Waals surface area contributed by atoms with Crippen molar-refractivity contribution in [3.8, 4) is 5.69 Å². The second-order valence-electron chi connectivity index (χ2n) is 6.27. The predicted molar refractivity (Wildman–Crippen MR) is 106 cm³/mol. The summed E-state index contributed by atoms with van der Waals surface area (Å²) in [7, 11) is 1.87. The lowest BCUT2D eigenvalue weighted by Crippen LogP contribution is -2.13. The van der Waals surface area contributed by atoms with E-state index in [1.807, 2.05) is 24.7 Å². The Morgan fingerprint density at radius 3 is 2.76 bits per heavy atom. The number of hydrogen-bond donors (Lipinski definition) is 1. The maximum atomic E-state index is 13.8. The summed E-state index contributed by atoms with van der Waals surface area (Å²) in [4.78, 5) is 17.7. The SMILES string of the molecule is Cc1cc(C(=O)Nc2cc(F)ccc2Sc2nccn2C)ccc1-n1cnnn1. The number of carbonyl (C=O) groups excluding carboxylic acids is 1. The van der Waals surface area contributed by atoms with Crippen LogP contribution in [0.4, 0.5) is 10.1 Å². The van der Waals surface area contributed by atoms with Crippen LogP contribution in [0.5, 0.6) is 0 Å². The quantitative estimate of drug-likeness (QED) is 0.544. The normalized spacial score (nSPS) is 10.9. The van der Waals surface area contributed by atoms with Gasteiger partial charge in [0, 0.05) is 29.9 Å². The molecule has 0 bridgehead atoms. The van der Waals surface area contributed by atoms with Gasteiger partial charge in [-0.1, -0.05) is 0 Å². The summed E-state index contributed by atoms with van der Waals surface area (Å²) in [5, 5.41) is 14.6. The van der Waals surface area contributed by atoms with Gasteiger partial charge in [0.2, 0.25) is 0 Å². The topological polar surface area (TPSA) is 90.5 Å². The molecule has 4 aromatic rings. The van der Waals surface area contributed by atoms with Crippen molar-refractivity contribution < 1.29 is 9.18 Å². The standard InChI is InChI=1S/C19H16FN7OS/c1-12-9-13(3-5-16(12)27-11-22-24-25-27)18(28)23-15-10-14(20)4-6-17(15)29-19-21-7-8-26(19)2/h3-11H,1-2H3,(H,23,28). The average molecular weight is 409 g/mol. The Balaban J connectivity index is 1.59. The molecular formula is C19H16FN7OS. The van der Waals surface area contributed by atoms with Gasteiger partial charge in [-0.2, -0.15) is 0 Å². The Morgan fingerprint density at radius 2 is 2.07 bits per heavy atom. The minimum atomic E-state index is -0.435. The minimum absolute atomic E-state index is 0.344. The highest BCUT2D eigenvalue weighted by Gasteiger charge is 2.14. The molecule has 1 N–H and O–H groups in total. The zero-order valence-electron chi connectivity index (χ0n) is 15.6. The van der Waals surface area contributed by atoms with E-state index in [-0.39, 0.29) is 5.91 Å². The smallest absolute Gasteiger partial charge is 0.255 e. The van der Waals surface area contributed by atoms with Gasteiger partial charge in [-0.15, -0.1) is 5.10 Å². The summed E-state index contributed by atoms with van der Waals surface area (Å²) in [5.41, 5.74) is 2.41. The first-order chi connectivity index (χ1) is 14.0. The van der Waals surface area contributed by atoms with Gasteiger partial charge in [-0.05, 0) is 71.1 Å². The molecule has 0 fully saturated rings. The van der Waals surface area contributed by atoms with E-state index in [0.29, 0.717) is 16.1 Å². The fourth-order valence-electron chi connectivity index (χ4n) is 2.76. The number of hydrogen-bond acceptors (Lipinski definition) is 6. The third kappa shape index (κ3) is 4.02. The third-order valence-electron chi connectivity index (χ3n) is 4.22. The summed E-state index contributed by atoms with van der Waals surface area (Å²) in [6, 6.07) is 9.44. The van der Waals surface area contributed by atoms with Crippen LogP contribution in [0.15, 0.2) is 65.2 Å². The number of halogens is 1. The van der Waals surface area contributed by atoms with Crippen molar-refractivity contribution >= 4 is 23.4 Å². The molecule has 0 saturated carbocycles. The fraction of sp³-hybridized carbons (Fsp3) is 0.105. The molecule has 0 unspecified atom stereocenters. The van der Waals surface area contributed by atoms with E-state index in [4.69, 9.17) is 0 Å². The van der Waals surface area contributed by atoms with Crippen LogP contribution in [0.2, 0.25) is 0 Å². The lowest BCUT2D eigenvalue weighted by molar-refractivity contribution is 0.102. The summed E-state index contributed by atoms with van der Waals surface area (Å²) >= 11 is 1.34. The molecule has 10 heteroatoms. The van der Waals surface area contributed by atoms with Crippen LogP contribution in [0.1, 0.15) is 15.9 Å². The number of benzene rings is 2. The van der Waals surface area contributed by atoms with Crippen molar-refractivity contribution in [3.63, 3.8) is 0 Å². The Hall–Kier alpha value is -3.53. The lowest BCUT2D eigenvalue weighted by Gasteiger charge is -2.12. The fourth-order valence-corrected chi connectivity index (χ4v) is 3.63.